The Bertz CT molecular complexity index is 1290. The van der Waals surface area contributed by atoms with Crippen LogP contribution in [-0.4, -0.2) is 36.4 Å². The molecule has 0 unspecified atom stereocenters. The molecule has 34 heavy (non-hydrogen) atoms. The second-order valence-electron chi connectivity index (χ2n) is 8.93. The third-order valence-corrected chi connectivity index (χ3v) is 5.97. The largest absolute Gasteiger partial charge is 0.309 e. The van der Waals surface area contributed by atoms with Gasteiger partial charge in [0.1, 0.15) is 23.5 Å². The zero-order valence-electron chi connectivity index (χ0n) is 19.4. The minimum Gasteiger partial charge on any atom is -0.309 e. The van der Waals surface area contributed by atoms with Crippen LogP contribution in [0.3, 0.4) is 0 Å². The number of anilines is 1. The zero-order chi connectivity index (χ0) is 23.7. The van der Waals surface area contributed by atoms with Crippen molar-refractivity contribution >= 4 is 23.0 Å². The Balaban J connectivity index is 1.24. The number of hydrogen-bond donors (Lipinski definition) is 1. The van der Waals surface area contributed by atoms with Gasteiger partial charge in [0.2, 0.25) is 0 Å². The topological polar surface area (TPSA) is 98.0 Å². The molecular formula is C26H27N7O. The molecule has 3 aromatic heterocycles. The molecule has 2 saturated carbocycles. The van der Waals surface area contributed by atoms with E-state index in [1.54, 1.807) is 12.4 Å². The maximum absolute atomic E-state index is 12.7. The second kappa shape index (κ2) is 9.13. The van der Waals surface area contributed by atoms with E-state index in [9.17, 15) is 4.79 Å². The van der Waals surface area contributed by atoms with Crippen molar-refractivity contribution in [3.8, 4) is 11.5 Å². The number of carbonyl (C=O) groups excluding carboxylic acids is 1. The van der Waals surface area contributed by atoms with Crippen LogP contribution in [0, 0.1) is 0 Å². The van der Waals surface area contributed by atoms with Crippen LogP contribution in [0.5, 0.6) is 0 Å². The molecule has 1 amide bonds. The van der Waals surface area contributed by atoms with Crippen molar-refractivity contribution in [2.24, 2.45) is 4.99 Å². The molecule has 3 aromatic rings. The fourth-order valence-corrected chi connectivity index (χ4v) is 3.81. The lowest BCUT2D eigenvalue weighted by atomic mass is 10.1. The van der Waals surface area contributed by atoms with Crippen LogP contribution in [0.15, 0.2) is 66.2 Å². The van der Waals surface area contributed by atoms with Gasteiger partial charge >= 0.3 is 0 Å². The fourth-order valence-electron chi connectivity index (χ4n) is 3.81. The lowest BCUT2D eigenvalue weighted by molar-refractivity contribution is -0.112. The molecule has 0 aromatic carbocycles. The number of pyridine rings is 2. The van der Waals surface area contributed by atoms with E-state index in [-0.39, 0.29) is 5.70 Å². The molecule has 0 saturated heterocycles. The highest BCUT2D eigenvalue weighted by atomic mass is 16.2. The van der Waals surface area contributed by atoms with Crippen molar-refractivity contribution in [3.05, 3.63) is 72.5 Å². The second-order valence-corrected chi connectivity index (χ2v) is 8.93. The number of hydrogen-bond acceptors (Lipinski definition) is 6. The SMILES string of the molecule is C=C(/N=C(C)\C=C(/C)c1ccc(C2CC2)nc1)C(=O)Nc1cccc(-c2nncn2C2CC2)n1. The molecule has 8 heteroatoms. The first kappa shape index (κ1) is 21.9. The molecule has 0 radical (unpaired) electrons. The molecule has 2 fully saturated rings. The summed E-state index contributed by atoms with van der Waals surface area (Å²) in [5, 5.41) is 11.0. The Kier molecular flexibility index (Phi) is 5.88. The average Bonchev–Trinajstić information content (AvgIpc) is 3.77. The lowest BCUT2D eigenvalue weighted by Crippen LogP contribution is -2.14. The van der Waals surface area contributed by atoms with Crippen molar-refractivity contribution in [3.63, 3.8) is 0 Å². The Hall–Kier alpha value is -3.94. The summed E-state index contributed by atoms with van der Waals surface area (Å²) in [4.78, 5) is 26.1. The molecule has 2 aliphatic carbocycles. The molecule has 1 N–H and O–H groups in total. The van der Waals surface area contributed by atoms with Crippen molar-refractivity contribution in [2.75, 3.05) is 5.32 Å². The number of amides is 1. The fraction of sp³-hybridized carbons (Fsp3) is 0.308. The van der Waals surface area contributed by atoms with Crippen LogP contribution in [0.25, 0.3) is 17.1 Å². The molecular weight excluding hydrogens is 426 g/mol. The summed E-state index contributed by atoms with van der Waals surface area (Å²) in [5.74, 6) is 1.34. The van der Waals surface area contributed by atoms with Crippen molar-refractivity contribution < 1.29 is 4.79 Å². The molecule has 2 aliphatic rings. The van der Waals surface area contributed by atoms with Gasteiger partial charge in [0.05, 0.1) is 0 Å². The first-order valence-corrected chi connectivity index (χ1v) is 11.5. The Labute approximate surface area is 198 Å². The number of allylic oxidation sites excluding steroid dienone is 2. The van der Waals surface area contributed by atoms with E-state index in [0.29, 0.717) is 35.0 Å². The molecule has 8 nitrogen and oxygen atoms in total. The van der Waals surface area contributed by atoms with Gasteiger partial charge in [-0.3, -0.25) is 9.78 Å². The Morgan fingerprint density at radius 3 is 2.71 bits per heavy atom. The summed E-state index contributed by atoms with van der Waals surface area (Å²) in [6.45, 7) is 7.68. The summed E-state index contributed by atoms with van der Waals surface area (Å²) >= 11 is 0. The smallest absolute Gasteiger partial charge is 0.274 e. The van der Waals surface area contributed by atoms with Gasteiger partial charge in [-0.15, -0.1) is 10.2 Å². The molecule has 3 heterocycles. The van der Waals surface area contributed by atoms with E-state index in [4.69, 9.17) is 0 Å². The van der Waals surface area contributed by atoms with Gasteiger partial charge in [-0.25, -0.2) is 9.98 Å². The third-order valence-electron chi connectivity index (χ3n) is 5.97. The maximum atomic E-state index is 12.7. The lowest BCUT2D eigenvalue weighted by Gasteiger charge is -2.08. The molecule has 5 rings (SSSR count). The van der Waals surface area contributed by atoms with Crippen molar-refractivity contribution in [2.45, 2.75) is 51.5 Å². The van der Waals surface area contributed by atoms with Gasteiger partial charge < -0.3 is 9.88 Å². The van der Waals surface area contributed by atoms with E-state index < -0.39 is 5.91 Å². The van der Waals surface area contributed by atoms with Gasteiger partial charge in [0.25, 0.3) is 5.91 Å². The molecule has 0 bridgehead atoms. The summed E-state index contributed by atoms with van der Waals surface area (Å²) < 4.78 is 2.03. The average molecular weight is 454 g/mol. The highest BCUT2D eigenvalue weighted by molar-refractivity contribution is 6.07. The highest BCUT2D eigenvalue weighted by Crippen LogP contribution is 2.39. The Morgan fingerprint density at radius 1 is 1.18 bits per heavy atom. The highest BCUT2D eigenvalue weighted by Gasteiger charge is 2.27. The number of carbonyl (C=O) groups is 1. The first-order chi connectivity index (χ1) is 16.5. The molecule has 0 spiro atoms. The predicted molar refractivity (Wildman–Crippen MR) is 132 cm³/mol. The van der Waals surface area contributed by atoms with E-state index >= 15 is 0 Å². The number of aromatic nitrogens is 5. The van der Waals surface area contributed by atoms with Gasteiger partial charge in [-0.05, 0) is 74.9 Å². The quantitative estimate of drug-likeness (QED) is 0.384. The third kappa shape index (κ3) is 5.01. The van der Waals surface area contributed by atoms with Crippen LogP contribution in [0.4, 0.5) is 5.82 Å². The number of aliphatic imine (C=N–C) groups is 1. The van der Waals surface area contributed by atoms with Crippen LogP contribution in [0.2, 0.25) is 0 Å². The van der Waals surface area contributed by atoms with Gasteiger partial charge in [-0.1, -0.05) is 18.7 Å². The van der Waals surface area contributed by atoms with E-state index in [0.717, 1.165) is 29.7 Å². The van der Waals surface area contributed by atoms with E-state index in [1.807, 2.05) is 42.8 Å². The number of rotatable bonds is 8. The maximum Gasteiger partial charge on any atom is 0.274 e. The Morgan fingerprint density at radius 2 is 2.00 bits per heavy atom. The van der Waals surface area contributed by atoms with Gasteiger partial charge in [-0.2, -0.15) is 0 Å². The van der Waals surface area contributed by atoms with Crippen LogP contribution < -0.4 is 5.32 Å². The standard InChI is InChI=1S/C26H27N7O/c1-16(20-9-12-22(27-14-20)19-7-8-19)13-17(2)29-18(3)26(34)31-24-6-4-5-23(30-24)25-32-28-15-33(25)21-10-11-21/h4-6,9,12-15,19,21H,3,7-8,10-11H2,1-2H3,(H,30,31,34)/b16-13+,29-17-. The summed E-state index contributed by atoms with van der Waals surface area (Å²) in [6, 6.07) is 10.0. The normalized spacial score (nSPS) is 16.4. The summed E-state index contributed by atoms with van der Waals surface area (Å²) in [5.41, 5.74) is 4.68. The number of nitrogens with one attached hydrogen (secondary N) is 1. The molecule has 0 aliphatic heterocycles. The van der Waals surface area contributed by atoms with Crippen LogP contribution in [0.1, 0.15) is 62.7 Å². The molecule has 0 atom stereocenters. The summed E-state index contributed by atoms with van der Waals surface area (Å²) in [6.07, 6.45) is 10.3. The predicted octanol–water partition coefficient (Wildman–Crippen LogP) is 4.96. The van der Waals surface area contributed by atoms with Crippen LogP contribution >= 0.6 is 0 Å². The van der Waals surface area contributed by atoms with Crippen molar-refractivity contribution in [1.29, 1.82) is 0 Å². The zero-order valence-corrected chi connectivity index (χ0v) is 19.4. The monoisotopic (exact) mass is 453 g/mol. The molecule has 172 valence electrons. The van der Waals surface area contributed by atoms with E-state index in [2.05, 4.69) is 49.2 Å². The van der Waals surface area contributed by atoms with Gasteiger partial charge in [0.15, 0.2) is 5.82 Å². The van der Waals surface area contributed by atoms with E-state index in [1.165, 1.54) is 12.8 Å². The number of nitrogens with zero attached hydrogens (tertiary/aromatic N) is 6. The first-order valence-electron chi connectivity index (χ1n) is 11.5. The summed E-state index contributed by atoms with van der Waals surface area (Å²) in [7, 11) is 0. The van der Waals surface area contributed by atoms with Crippen molar-refractivity contribution in [1.82, 2.24) is 24.7 Å². The van der Waals surface area contributed by atoms with Crippen LogP contribution in [-0.2, 0) is 4.79 Å². The van der Waals surface area contributed by atoms with Gasteiger partial charge in [0, 0.05) is 29.6 Å². The minimum atomic E-state index is -0.408. The minimum absolute atomic E-state index is 0.108.